The number of ether oxygens (including phenoxy) is 1. The Balaban J connectivity index is 1.33. The normalized spacial score (nSPS) is 18.9. The van der Waals surface area contributed by atoms with Gasteiger partial charge in [0.25, 0.3) is 0 Å². The van der Waals surface area contributed by atoms with Crippen LogP contribution in [0.15, 0.2) is 54.7 Å². The van der Waals surface area contributed by atoms with Gasteiger partial charge in [-0.05, 0) is 42.3 Å². The third-order valence-corrected chi connectivity index (χ3v) is 6.13. The molecule has 152 valence electrons. The quantitative estimate of drug-likeness (QED) is 0.644. The Labute approximate surface area is 173 Å². The maximum Gasteiger partial charge on any atom is 0.328 e. The van der Waals surface area contributed by atoms with E-state index in [9.17, 15) is 9.59 Å². The van der Waals surface area contributed by atoms with Crippen molar-refractivity contribution in [3.8, 4) is 5.75 Å². The Kier molecular flexibility index (Phi) is 4.25. The summed E-state index contributed by atoms with van der Waals surface area (Å²) < 4.78 is 6.28. The molecule has 3 heterocycles. The zero-order valence-corrected chi connectivity index (χ0v) is 16.6. The largest absolute Gasteiger partial charge is 0.483 e. The zero-order valence-electron chi connectivity index (χ0n) is 16.6. The molecule has 1 fully saturated rings. The predicted molar refractivity (Wildman–Crippen MR) is 114 cm³/mol. The van der Waals surface area contributed by atoms with E-state index in [0.29, 0.717) is 36.4 Å². The third-order valence-electron chi connectivity index (χ3n) is 6.13. The highest BCUT2D eigenvalue weighted by atomic mass is 16.5. The lowest BCUT2D eigenvalue weighted by molar-refractivity contribution is -0.131. The SMILES string of the molecule is CC(c1c[nH]c2ccccc12)N1CC2(CC(=O)c3cc(C=CC(=O)O)ccc3O2)C1. The molecule has 1 saturated heterocycles. The molecule has 2 N–H and O–H groups in total. The molecule has 1 spiro atoms. The van der Waals surface area contributed by atoms with E-state index in [4.69, 9.17) is 9.84 Å². The molecule has 0 bridgehead atoms. The predicted octanol–water partition coefficient (Wildman–Crippen LogP) is 4.05. The number of aromatic amines is 1. The fraction of sp³-hybridized carbons (Fsp3) is 0.250. The van der Waals surface area contributed by atoms with Gasteiger partial charge in [-0.15, -0.1) is 0 Å². The van der Waals surface area contributed by atoms with Gasteiger partial charge in [-0.3, -0.25) is 9.69 Å². The first-order valence-electron chi connectivity index (χ1n) is 10.0. The van der Waals surface area contributed by atoms with Crippen LogP contribution < -0.4 is 4.74 Å². The summed E-state index contributed by atoms with van der Waals surface area (Å²) in [7, 11) is 0. The van der Waals surface area contributed by atoms with Crippen molar-refractivity contribution in [3.63, 3.8) is 0 Å². The number of carboxylic acids is 1. The van der Waals surface area contributed by atoms with E-state index in [1.54, 1.807) is 18.2 Å². The molecule has 2 aromatic carbocycles. The van der Waals surface area contributed by atoms with Gasteiger partial charge in [-0.25, -0.2) is 4.79 Å². The van der Waals surface area contributed by atoms with Gasteiger partial charge in [0.1, 0.15) is 11.4 Å². The number of nitrogens with one attached hydrogen (secondary N) is 1. The first-order valence-corrected chi connectivity index (χ1v) is 10.0. The molecule has 30 heavy (non-hydrogen) atoms. The molecular formula is C24H22N2O4. The summed E-state index contributed by atoms with van der Waals surface area (Å²) in [5.74, 6) is -0.396. The highest BCUT2D eigenvalue weighted by Gasteiger charge is 2.51. The second-order valence-electron chi connectivity index (χ2n) is 8.18. The van der Waals surface area contributed by atoms with Crippen LogP contribution in [0, 0.1) is 0 Å². The molecule has 1 unspecified atom stereocenters. The Morgan fingerprint density at radius 3 is 2.87 bits per heavy atom. The molecule has 6 heteroatoms. The van der Waals surface area contributed by atoms with E-state index in [1.807, 2.05) is 12.1 Å². The van der Waals surface area contributed by atoms with E-state index < -0.39 is 11.6 Å². The van der Waals surface area contributed by atoms with Crippen molar-refractivity contribution in [2.75, 3.05) is 13.1 Å². The van der Waals surface area contributed by atoms with Gasteiger partial charge in [0.15, 0.2) is 5.78 Å². The summed E-state index contributed by atoms with van der Waals surface area (Å²) in [6, 6.07) is 13.7. The van der Waals surface area contributed by atoms with Crippen LogP contribution >= 0.6 is 0 Å². The molecule has 6 nitrogen and oxygen atoms in total. The summed E-state index contributed by atoms with van der Waals surface area (Å²) in [6.07, 6.45) is 4.94. The van der Waals surface area contributed by atoms with Crippen LogP contribution in [0.5, 0.6) is 5.75 Å². The Bertz CT molecular complexity index is 1190. The molecule has 0 radical (unpaired) electrons. The van der Waals surface area contributed by atoms with E-state index in [0.717, 1.165) is 11.6 Å². The lowest BCUT2D eigenvalue weighted by atomic mass is 9.82. The smallest absolute Gasteiger partial charge is 0.328 e. The molecule has 2 aliphatic rings. The third kappa shape index (κ3) is 3.09. The van der Waals surface area contributed by atoms with Crippen molar-refractivity contribution in [1.82, 2.24) is 9.88 Å². The Morgan fingerprint density at radius 1 is 1.27 bits per heavy atom. The number of ketones is 1. The fourth-order valence-corrected chi connectivity index (χ4v) is 4.56. The minimum atomic E-state index is -1.02. The van der Waals surface area contributed by atoms with Gasteiger partial charge in [-0.2, -0.15) is 0 Å². The maximum atomic E-state index is 12.8. The molecule has 2 aliphatic heterocycles. The number of rotatable bonds is 4. The summed E-state index contributed by atoms with van der Waals surface area (Å²) in [4.78, 5) is 29.2. The number of fused-ring (bicyclic) bond motifs is 2. The summed E-state index contributed by atoms with van der Waals surface area (Å²) >= 11 is 0. The molecule has 0 aliphatic carbocycles. The highest BCUT2D eigenvalue weighted by molar-refractivity contribution is 6.01. The first kappa shape index (κ1) is 18.6. The number of Topliss-reactive ketones (excluding diaryl/α,β-unsaturated/α-hetero) is 1. The molecular weight excluding hydrogens is 380 g/mol. The minimum absolute atomic E-state index is 0.0428. The molecule has 1 atom stereocenters. The highest BCUT2D eigenvalue weighted by Crippen LogP contribution is 2.42. The average molecular weight is 402 g/mol. The maximum absolute atomic E-state index is 12.8. The monoisotopic (exact) mass is 402 g/mol. The number of nitrogens with zero attached hydrogens (tertiary/aromatic N) is 1. The van der Waals surface area contributed by atoms with Crippen LogP contribution in [-0.4, -0.2) is 45.4 Å². The van der Waals surface area contributed by atoms with Crippen LogP contribution in [0.4, 0.5) is 0 Å². The number of aromatic nitrogens is 1. The molecule has 0 saturated carbocycles. The summed E-state index contributed by atoms with van der Waals surface area (Å²) in [6.45, 7) is 3.57. The van der Waals surface area contributed by atoms with Crippen molar-refractivity contribution in [1.29, 1.82) is 0 Å². The number of hydrogen-bond donors (Lipinski definition) is 2. The number of para-hydroxylation sites is 1. The lowest BCUT2D eigenvalue weighted by Gasteiger charge is -2.53. The minimum Gasteiger partial charge on any atom is -0.483 e. The van der Waals surface area contributed by atoms with Gasteiger partial charge in [0.2, 0.25) is 0 Å². The second kappa shape index (κ2) is 6.85. The average Bonchev–Trinajstić information content (AvgIpc) is 3.14. The van der Waals surface area contributed by atoms with Gasteiger partial charge >= 0.3 is 5.97 Å². The van der Waals surface area contributed by atoms with Gasteiger partial charge in [0, 0.05) is 42.3 Å². The number of aliphatic carboxylic acids is 1. The first-order chi connectivity index (χ1) is 14.4. The summed E-state index contributed by atoms with van der Waals surface area (Å²) in [5.41, 5.74) is 3.09. The summed E-state index contributed by atoms with van der Waals surface area (Å²) in [5, 5.41) is 10.0. The van der Waals surface area contributed by atoms with Gasteiger partial charge in [-0.1, -0.05) is 24.3 Å². The number of hydrogen-bond acceptors (Lipinski definition) is 4. The van der Waals surface area contributed by atoms with Crippen molar-refractivity contribution < 1.29 is 19.4 Å². The fourth-order valence-electron chi connectivity index (χ4n) is 4.56. The van der Waals surface area contributed by atoms with Crippen LogP contribution in [0.1, 0.15) is 40.9 Å². The van der Waals surface area contributed by atoms with Crippen molar-refractivity contribution >= 4 is 28.7 Å². The molecule has 1 aromatic heterocycles. The number of benzene rings is 2. The molecule has 0 amide bonds. The van der Waals surface area contributed by atoms with E-state index in [2.05, 4.69) is 35.1 Å². The van der Waals surface area contributed by atoms with E-state index >= 15 is 0 Å². The van der Waals surface area contributed by atoms with E-state index in [1.165, 1.54) is 17.0 Å². The van der Waals surface area contributed by atoms with E-state index in [-0.39, 0.29) is 11.8 Å². The van der Waals surface area contributed by atoms with Crippen molar-refractivity contribution in [2.24, 2.45) is 0 Å². The Morgan fingerprint density at radius 2 is 2.07 bits per heavy atom. The van der Waals surface area contributed by atoms with Gasteiger partial charge < -0.3 is 14.8 Å². The van der Waals surface area contributed by atoms with Crippen molar-refractivity contribution in [3.05, 3.63) is 71.4 Å². The van der Waals surface area contributed by atoms with Gasteiger partial charge in [0.05, 0.1) is 12.0 Å². The van der Waals surface area contributed by atoms with Crippen LogP contribution in [0.3, 0.4) is 0 Å². The van der Waals surface area contributed by atoms with Crippen LogP contribution in [0.2, 0.25) is 0 Å². The topological polar surface area (TPSA) is 82.6 Å². The molecule has 5 rings (SSSR count). The zero-order chi connectivity index (χ0) is 20.9. The number of carboxylic acid groups (broad SMARTS) is 1. The second-order valence-corrected chi connectivity index (χ2v) is 8.18. The number of carbonyl (C=O) groups excluding carboxylic acids is 1. The van der Waals surface area contributed by atoms with Crippen LogP contribution in [0.25, 0.3) is 17.0 Å². The lowest BCUT2D eigenvalue weighted by Crippen LogP contribution is -2.67. The number of likely N-dealkylation sites (tertiary alicyclic amines) is 1. The molecule has 3 aromatic rings. The van der Waals surface area contributed by atoms with Crippen LogP contribution in [-0.2, 0) is 4.79 Å². The standard InChI is InChI=1S/C24H22N2O4/c1-15(19-12-25-20-5-3-2-4-17(19)20)26-13-24(14-26)11-21(27)18-10-16(7-9-23(28)29)6-8-22(18)30-24/h2-10,12,15,25H,11,13-14H2,1H3,(H,28,29). The van der Waals surface area contributed by atoms with Crippen molar-refractivity contribution in [2.45, 2.75) is 25.0 Å². The number of carbonyl (C=O) groups is 2. The number of H-pyrrole nitrogens is 1. The Hall–Kier alpha value is -3.38.